The number of amides is 1. The summed E-state index contributed by atoms with van der Waals surface area (Å²) >= 11 is 5.02. The van der Waals surface area contributed by atoms with Crippen LogP contribution in [0.4, 0.5) is 0 Å². The van der Waals surface area contributed by atoms with Crippen molar-refractivity contribution in [2.45, 2.75) is 12.1 Å². The number of hydrogen-bond acceptors (Lipinski definition) is 3. The maximum Gasteiger partial charge on any atom is 0.254 e. The summed E-state index contributed by atoms with van der Waals surface area (Å²) in [4.78, 5) is 16.4. The molecule has 0 saturated carbocycles. The summed E-state index contributed by atoms with van der Waals surface area (Å²) < 4.78 is 0. The number of benzene rings is 1. The minimum absolute atomic E-state index is 0.220. The van der Waals surface area contributed by atoms with Gasteiger partial charge in [0.2, 0.25) is 0 Å². The summed E-state index contributed by atoms with van der Waals surface area (Å²) in [6, 6.07) is 6.92. The molecule has 2 atom stereocenters. The number of thiocarbonyl (C=S) groups is 1. The number of rotatable bonds is 2. The number of aromatic nitrogens is 1. The maximum absolute atomic E-state index is 12.0. The molecule has 2 unspecified atom stereocenters. The third kappa shape index (κ3) is 1.80. The van der Waals surface area contributed by atoms with Gasteiger partial charge in [-0.1, -0.05) is 18.2 Å². The molecule has 0 aliphatic carbocycles. The molecule has 1 aliphatic heterocycles. The number of aliphatic hydroxyl groups is 1. The number of para-hydroxylation sites is 1. The van der Waals surface area contributed by atoms with Gasteiger partial charge >= 0.3 is 0 Å². The van der Waals surface area contributed by atoms with E-state index in [9.17, 15) is 9.90 Å². The number of fused-ring (bicyclic) bond motifs is 1. The zero-order chi connectivity index (χ0) is 13.6. The highest BCUT2D eigenvalue weighted by molar-refractivity contribution is 7.80. The molecule has 3 N–H and O–H groups in total. The van der Waals surface area contributed by atoms with Gasteiger partial charge in [0, 0.05) is 29.7 Å². The average Bonchev–Trinajstić information content (AvgIpc) is 2.95. The smallest absolute Gasteiger partial charge is 0.254 e. The first-order valence-electron chi connectivity index (χ1n) is 5.91. The normalized spacial score (nSPS) is 20.9. The highest BCUT2D eigenvalue weighted by atomic mass is 32.1. The van der Waals surface area contributed by atoms with Gasteiger partial charge in [-0.2, -0.15) is 0 Å². The monoisotopic (exact) mass is 275 g/mol. The molecule has 5 nitrogen and oxygen atoms in total. The molecule has 1 saturated heterocycles. The second-order valence-corrected chi connectivity index (χ2v) is 4.95. The SMILES string of the molecule is CN1C(=O)C(C(O)c2c[nH]c3ccccc23)NC1=S. The Morgan fingerprint density at radius 2 is 2.16 bits per heavy atom. The van der Waals surface area contributed by atoms with Gasteiger partial charge in [-0.3, -0.25) is 9.69 Å². The van der Waals surface area contributed by atoms with Gasteiger partial charge in [0.1, 0.15) is 12.1 Å². The number of carbonyl (C=O) groups excluding carboxylic acids is 1. The summed E-state index contributed by atoms with van der Waals surface area (Å²) in [6.07, 6.45) is 0.789. The topological polar surface area (TPSA) is 68.4 Å². The van der Waals surface area contributed by atoms with Crippen LogP contribution >= 0.6 is 12.2 Å². The second-order valence-electron chi connectivity index (χ2n) is 4.56. The van der Waals surface area contributed by atoms with E-state index in [2.05, 4.69) is 10.3 Å². The van der Waals surface area contributed by atoms with Crippen LogP contribution in [-0.4, -0.2) is 39.1 Å². The molecule has 1 aromatic heterocycles. The molecule has 6 heteroatoms. The van der Waals surface area contributed by atoms with Crippen molar-refractivity contribution in [3.8, 4) is 0 Å². The minimum atomic E-state index is -0.938. The maximum atomic E-state index is 12.0. The number of aromatic amines is 1. The van der Waals surface area contributed by atoms with Crippen LogP contribution in [0, 0.1) is 0 Å². The first-order valence-corrected chi connectivity index (χ1v) is 6.32. The van der Waals surface area contributed by atoms with E-state index in [-0.39, 0.29) is 5.91 Å². The van der Waals surface area contributed by atoms with Gasteiger partial charge in [-0.05, 0) is 18.3 Å². The van der Waals surface area contributed by atoms with E-state index < -0.39 is 12.1 Å². The van der Waals surface area contributed by atoms with Crippen LogP contribution in [0.1, 0.15) is 11.7 Å². The van der Waals surface area contributed by atoms with Crippen LogP contribution < -0.4 is 5.32 Å². The predicted octanol–water partition coefficient (Wildman–Crippen LogP) is 0.916. The summed E-state index contributed by atoms with van der Waals surface area (Å²) in [5, 5.41) is 14.5. The second kappa shape index (κ2) is 4.32. The first-order chi connectivity index (χ1) is 9.09. The van der Waals surface area contributed by atoms with E-state index in [1.165, 1.54) is 4.90 Å². The molecule has 1 fully saturated rings. The largest absolute Gasteiger partial charge is 0.386 e. The van der Waals surface area contributed by atoms with Gasteiger partial charge < -0.3 is 15.4 Å². The Morgan fingerprint density at radius 3 is 2.84 bits per heavy atom. The number of aliphatic hydroxyl groups excluding tert-OH is 1. The Bertz CT molecular complexity index is 667. The van der Waals surface area contributed by atoms with Crippen LogP contribution in [0.2, 0.25) is 0 Å². The van der Waals surface area contributed by atoms with Gasteiger partial charge in [-0.25, -0.2) is 0 Å². The van der Waals surface area contributed by atoms with E-state index >= 15 is 0 Å². The van der Waals surface area contributed by atoms with Gasteiger partial charge in [0.25, 0.3) is 5.91 Å². The molecule has 2 aromatic rings. The van der Waals surface area contributed by atoms with E-state index in [1.807, 2.05) is 24.3 Å². The quantitative estimate of drug-likeness (QED) is 0.713. The van der Waals surface area contributed by atoms with Crippen molar-refractivity contribution in [1.29, 1.82) is 0 Å². The molecule has 3 rings (SSSR count). The third-order valence-corrected chi connectivity index (χ3v) is 3.83. The summed E-state index contributed by atoms with van der Waals surface area (Å²) in [6.45, 7) is 0. The fraction of sp³-hybridized carbons (Fsp3) is 0.231. The molecule has 1 amide bonds. The highest BCUT2D eigenvalue weighted by Gasteiger charge is 2.39. The molecular formula is C13H13N3O2S. The van der Waals surface area contributed by atoms with Gasteiger partial charge in [0.15, 0.2) is 5.11 Å². The number of hydrogen-bond donors (Lipinski definition) is 3. The molecular weight excluding hydrogens is 262 g/mol. The number of H-pyrrole nitrogens is 1. The van der Waals surface area contributed by atoms with Crippen LogP contribution in [0.5, 0.6) is 0 Å². The zero-order valence-corrected chi connectivity index (χ0v) is 11.1. The zero-order valence-electron chi connectivity index (χ0n) is 10.3. The highest BCUT2D eigenvalue weighted by Crippen LogP contribution is 2.28. The Morgan fingerprint density at radius 1 is 1.42 bits per heavy atom. The van der Waals surface area contributed by atoms with E-state index in [0.717, 1.165) is 10.9 Å². The van der Waals surface area contributed by atoms with Crippen LogP contribution in [0.15, 0.2) is 30.5 Å². The molecule has 0 radical (unpaired) electrons. The lowest BCUT2D eigenvalue weighted by atomic mass is 10.0. The molecule has 2 heterocycles. The van der Waals surface area contributed by atoms with E-state index in [4.69, 9.17) is 12.2 Å². The Hall–Kier alpha value is -1.92. The molecule has 19 heavy (non-hydrogen) atoms. The Balaban J connectivity index is 1.99. The van der Waals surface area contributed by atoms with Crippen molar-refractivity contribution in [1.82, 2.24) is 15.2 Å². The predicted molar refractivity (Wildman–Crippen MR) is 75.6 cm³/mol. The molecule has 0 spiro atoms. The Kier molecular flexibility index (Phi) is 2.76. The molecule has 0 bridgehead atoms. The Labute approximate surface area is 115 Å². The van der Waals surface area contributed by atoms with Crippen LogP contribution in [0.25, 0.3) is 10.9 Å². The summed E-state index contributed by atoms with van der Waals surface area (Å²) in [7, 11) is 1.60. The minimum Gasteiger partial charge on any atom is -0.386 e. The average molecular weight is 275 g/mol. The number of carbonyl (C=O) groups is 1. The van der Waals surface area contributed by atoms with Crippen molar-refractivity contribution in [3.05, 3.63) is 36.0 Å². The van der Waals surface area contributed by atoms with Crippen LogP contribution in [0.3, 0.4) is 0 Å². The van der Waals surface area contributed by atoms with Crippen molar-refractivity contribution in [2.24, 2.45) is 0 Å². The fourth-order valence-electron chi connectivity index (χ4n) is 2.33. The molecule has 1 aliphatic rings. The number of nitrogens with one attached hydrogen (secondary N) is 2. The van der Waals surface area contributed by atoms with Crippen LogP contribution in [-0.2, 0) is 4.79 Å². The lowest BCUT2D eigenvalue weighted by Crippen LogP contribution is -2.35. The van der Waals surface area contributed by atoms with Crippen molar-refractivity contribution in [2.75, 3.05) is 7.05 Å². The summed E-state index contributed by atoms with van der Waals surface area (Å²) in [5.41, 5.74) is 1.62. The lowest BCUT2D eigenvalue weighted by Gasteiger charge is -2.15. The molecule has 1 aromatic carbocycles. The summed E-state index contributed by atoms with van der Waals surface area (Å²) in [5.74, 6) is -0.220. The van der Waals surface area contributed by atoms with Gasteiger partial charge in [0.05, 0.1) is 0 Å². The first kappa shape index (κ1) is 12.1. The van der Waals surface area contributed by atoms with Crippen molar-refractivity contribution >= 4 is 34.1 Å². The van der Waals surface area contributed by atoms with Gasteiger partial charge in [-0.15, -0.1) is 0 Å². The van der Waals surface area contributed by atoms with Crippen molar-refractivity contribution in [3.63, 3.8) is 0 Å². The number of nitrogens with zero attached hydrogens (tertiary/aromatic N) is 1. The van der Waals surface area contributed by atoms with Crippen molar-refractivity contribution < 1.29 is 9.90 Å². The van der Waals surface area contributed by atoms with E-state index in [0.29, 0.717) is 10.7 Å². The lowest BCUT2D eigenvalue weighted by molar-refractivity contribution is -0.128. The standard InChI is InChI=1S/C13H13N3O2S/c1-16-12(18)10(15-13(16)19)11(17)8-6-14-9-5-3-2-4-7(8)9/h2-6,10-11,14,17H,1H3,(H,15,19). The molecule has 98 valence electrons. The fourth-order valence-corrected chi connectivity index (χ4v) is 2.55. The third-order valence-electron chi connectivity index (χ3n) is 3.44. The number of likely N-dealkylation sites (N-methyl/N-ethyl adjacent to an activating group) is 1. The van der Waals surface area contributed by atoms with E-state index in [1.54, 1.807) is 13.2 Å².